The van der Waals surface area contributed by atoms with Crippen molar-refractivity contribution < 1.29 is 4.79 Å². The number of carbonyl (C=O) groups is 1. The van der Waals surface area contributed by atoms with Crippen molar-refractivity contribution in [1.29, 1.82) is 0 Å². The second-order valence-electron chi connectivity index (χ2n) is 5.83. The van der Waals surface area contributed by atoms with E-state index in [1.54, 1.807) is 6.92 Å². The number of nitrogens with zero attached hydrogens (tertiary/aromatic N) is 3. The fraction of sp³-hybridized carbons (Fsp3) is 0.529. The summed E-state index contributed by atoms with van der Waals surface area (Å²) in [6, 6.07) is 8.43. The van der Waals surface area contributed by atoms with Crippen molar-refractivity contribution in [3.63, 3.8) is 0 Å². The Kier molecular flexibility index (Phi) is 3.95. The molecule has 4 heteroatoms. The van der Waals surface area contributed by atoms with Gasteiger partial charge in [0, 0.05) is 20.0 Å². The molecule has 1 aromatic carbocycles. The molecule has 0 N–H and O–H groups in total. The fourth-order valence-electron chi connectivity index (χ4n) is 3.31. The van der Waals surface area contributed by atoms with Gasteiger partial charge in [-0.1, -0.05) is 25.5 Å². The normalized spacial score (nSPS) is 18.6. The number of carbonyl (C=O) groups excluding carboxylic acids is 1. The van der Waals surface area contributed by atoms with Gasteiger partial charge in [-0.2, -0.15) is 0 Å². The Morgan fingerprint density at radius 1 is 1.38 bits per heavy atom. The van der Waals surface area contributed by atoms with Gasteiger partial charge >= 0.3 is 0 Å². The Morgan fingerprint density at radius 3 is 2.95 bits per heavy atom. The predicted molar refractivity (Wildman–Crippen MR) is 84.0 cm³/mol. The highest BCUT2D eigenvalue weighted by atomic mass is 16.2. The third-order valence-electron chi connectivity index (χ3n) is 4.37. The number of hydrogen-bond acceptors (Lipinski definition) is 2. The predicted octanol–water partition coefficient (Wildman–Crippen LogP) is 3.52. The number of imidazole rings is 1. The van der Waals surface area contributed by atoms with E-state index in [-0.39, 0.29) is 11.9 Å². The molecule has 0 bridgehead atoms. The first kappa shape index (κ1) is 14.1. The lowest BCUT2D eigenvalue weighted by Crippen LogP contribution is -2.29. The number of fused-ring (bicyclic) bond motifs is 1. The number of hydrogen-bond donors (Lipinski definition) is 0. The number of benzene rings is 1. The molecular weight excluding hydrogens is 262 g/mol. The van der Waals surface area contributed by atoms with Gasteiger partial charge in [0.2, 0.25) is 5.91 Å². The van der Waals surface area contributed by atoms with Crippen LogP contribution in [0.1, 0.15) is 51.4 Å². The monoisotopic (exact) mass is 285 g/mol. The third-order valence-corrected chi connectivity index (χ3v) is 4.37. The molecule has 1 amide bonds. The van der Waals surface area contributed by atoms with Gasteiger partial charge < -0.3 is 9.47 Å². The van der Waals surface area contributed by atoms with Crippen molar-refractivity contribution in [3.05, 3.63) is 30.1 Å². The van der Waals surface area contributed by atoms with Gasteiger partial charge in [-0.15, -0.1) is 0 Å². The minimum absolute atomic E-state index is 0.145. The zero-order valence-corrected chi connectivity index (χ0v) is 12.9. The summed E-state index contributed by atoms with van der Waals surface area (Å²) in [6.07, 6.45) is 4.39. The van der Waals surface area contributed by atoms with Crippen molar-refractivity contribution in [2.45, 2.75) is 52.1 Å². The summed E-state index contributed by atoms with van der Waals surface area (Å²) in [4.78, 5) is 18.7. The SMILES string of the molecule is CCCCn1c([C@H]2CCCN2C(C)=O)nc2ccccc21. The molecule has 0 saturated carbocycles. The zero-order valence-electron chi connectivity index (χ0n) is 12.9. The van der Waals surface area contributed by atoms with Crippen LogP contribution in [-0.2, 0) is 11.3 Å². The molecule has 2 heterocycles. The molecule has 4 nitrogen and oxygen atoms in total. The Labute approximate surface area is 125 Å². The van der Waals surface area contributed by atoms with Crippen molar-refractivity contribution in [2.75, 3.05) is 6.54 Å². The standard InChI is InChI=1S/C17H23N3O/c1-3-4-11-20-15-9-6-5-8-14(15)18-17(20)16-10-7-12-19(16)13(2)21/h5-6,8-9,16H,3-4,7,10-12H2,1-2H3/t16-/m1/s1. The van der Waals surface area contributed by atoms with Crippen LogP contribution in [0.25, 0.3) is 11.0 Å². The van der Waals surface area contributed by atoms with E-state index < -0.39 is 0 Å². The highest BCUT2D eigenvalue weighted by Crippen LogP contribution is 2.33. The van der Waals surface area contributed by atoms with E-state index in [9.17, 15) is 4.79 Å². The lowest BCUT2D eigenvalue weighted by atomic mass is 10.2. The molecular formula is C17H23N3O. The fourth-order valence-corrected chi connectivity index (χ4v) is 3.31. The van der Waals surface area contributed by atoms with Crippen molar-refractivity contribution >= 4 is 16.9 Å². The first-order chi connectivity index (χ1) is 10.2. The molecule has 3 rings (SSSR count). The quantitative estimate of drug-likeness (QED) is 0.862. The topological polar surface area (TPSA) is 38.1 Å². The summed E-state index contributed by atoms with van der Waals surface area (Å²) in [5.41, 5.74) is 2.23. The van der Waals surface area contributed by atoms with E-state index in [2.05, 4.69) is 29.7 Å². The molecule has 1 fully saturated rings. The second kappa shape index (κ2) is 5.88. The van der Waals surface area contributed by atoms with Crippen molar-refractivity contribution in [2.24, 2.45) is 0 Å². The molecule has 0 unspecified atom stereocenters. The van der Waals surface area contributed by atoms with Crippen LogP contribution in [-0.4, -0.2) is 26.9 Å². The van der Waals surface area contributed by atoms with E-state index in [0.29, 0.717) is 0 Å². The van der Waals surface area contributed by atoms with Gasteiger partial charge in [-0.25, -0.2) is 4.98 Å². The summed E-state index contributed by atoms with van der Waals surface area (Å²) in [6.45, 7) is 5.71. The molecule has 0 spiro atoms. The lowest BCUT2D eigenvalue weighted by molar-refractivity contribution is -0.129. The van der Waals surface area contributed by atoms with Gasteiger partial charge in [0.05, 0.1) is 17.1 Å². The molecule has 1 aliphatic rings. The van der Waals surface area contributed by atoms with Gasteiger partial charge in [-0.05, 0) is 31.4 Å². The van der Waals surface area contributed by atoms with Crippen LogP contribution in [0.15, 0.2) is 24.3 Å². The first-order valence-electron chi connectivity index (χ1n) is 7.94. The minimum Gasteiger partial charge on any atom is -0.333 e. The molecule has 21 heavy (non-hydrogen) atoms. The summed E-state index contributed by atoms with van der Waals surface area (Å²) in [5, 5.41) is 0. The molecule has 112 valence electrons. The highest BCUT2D eigenvalue weighted by Gasteiger charge is 2.31. The Morgan fingerprint density at radius 2 is 2.19 bits per heavy atom. The first-order valence-corrected chi connectivity index (χ1v) is 7.94. The zero-order chi connectivity index (χ0) is 14.8. The summed E-state index contributed by atoms with van der Waals surface area (Å²) in [5.74, 6) is 1.23. The average molecular weight is 285 g/mol. The summed E-state index contributed by atoms with van der Waals surface area (Å²) >= 11 is 0. The van der Waals surface area contributed by atoms with E-state index in [4.69, 9.17) is 4.98 Å². The number of aryl methyl sites for hydroxylation is 1. The molecule has 1 aliphatic heterocycles. The van der Waals surface area contributed by atoms with E-state index >= 15 is 0 Å². The van der Waals surface area contributed by atoms with Crippen LogP contribution in [0.3, 0.4) is 0 Å². The average Bonchev–Trinajstić information content (AvgIpc) is 3.09. The van der Waals surface area contributed by atoms with E-state index in [1.165, 1.54) is 5.52 Å². The maximum absolute atomic E-state index is 11.9. The molecule has 1 saturated heterocycles. The number of unbranched alkanes of at least 4 members (excludes halogenated alkanes) is 1. The van der Waals surface area contributed by atoms with Gasteiger partial charge in [-0.3, -0.25) is 4.79 Å². The highest BCUT2D eigenvalue weighted by molar-refractivity contribution is 5.77. The number of rotatable bonds is 4. The molecule has 0 aliphatic carbocycles. The van der Waals surface area contributed by atoms with Crippen LogP contribution < -0.4 is 0 Å². The molecule has 0 radical (unpaired) electrons. The second-order valence-corrected chi connectivity index (χ2v) is 5.83. The lowest BCUT2D eigenvalue weighted by Gasteiger charge is -2.23. The van der Waals surface area contributed by atoms with Crippen LogP contribution >= 0.6 is 0 Å². The maximum Gasteiger partial charge on any atom is 0.220 e. The van der Waals surface area contributed by atoms with Crippen LogP contribution in [0.4, 0.5) is 0 Å². The van der Waals surface area contributed by atoms with Crippen LogP contribution in [0, 0.1) is 0 Å². The van der Waals surface area contributed by atoms with E-state index in [0.717, 1.165) is 50.1 Å². The molecule has 1 atom stereocenters. The third kappa shape index (κ3) is 2.55. The van der Waals surface area contributed by atoms with Crippen LogP contribution in [0.5, 0.6) is 0 Å². The summed E-state index contributed by atoms with van der Waals surface area (Å²) < 4.78 is 2.32. The van der Waals surface area contributed by atoms with Gasteiger partial charge in [0.1, 0.15) is 5.82 Å². The minimum atomic E-state index is 0.145. The molecule has 2 aromatic rings. The number of aromatic nitrogens is 2. The van der Waals surface area contributed by atoms with Gasteiger partial charge in [0.25, 0.3) is 0 Å². The maximum atomic E-state index is 11.9. The van der Waals surface area contributed by atoms with Crippen molar-refractivity contribution in [1.82, 2.24) is 14.5 Å². The Hall–Kier alpha value is -1.84. The van der Waals surface area contributed by atoms with Crippen molar-refractivity contribution in [3.8, 4) is 0 Å². The Bertz CT molecular complexity index is 647. The van der Waals surface area contributed by atoms with Crippen LogP contribution in [0.2, 0.25) is 0 Å². The number of para-hydroxylation sites is 2. The van der Waals surface area contributed by atoms with Gasteiger partial charge in [0.15, 0.2) is 0 Å². The van der Waals surface area contributed by atoms with E-state index in [1.807, 2.05) is 11.0 Å². The number of amides is 1. The largest absolute Gasteiger partial charge is 0.333 e. The number of likely N-dealkylation sites (tertiary alicyclic amines) is 1. The molecule has 1 aromatic heterocycles. The summed E-state index contributed by atoms with van der Waals surface area (Å²) in [7, 11) is 0. The Balaban J connectivity index is 2.06. The smallest absolute Gasteiger partial charge is 0.220 e.